The van der Waals surface area contributed by atoms with Gasteiger partial charge in [-0.15, -0.1) is 0 Å². The van der Waals surface area contributed by atoms with Gasteiger partial charge in [0.15, 0.2) is 0 Å². The highest BCUT2D eigenvalue weighted by molar-refractivity contribution is 8.13. The zero-order chi connectivity index (χ0) is 20.1. The standard InChI is InChI=1S/C21H23ClN2O3S/c1-24(2)20(26)28-18-9-7-17(8-10-18)23-19(25)21(11-13-27-14-12-21)15-3-5-16(22)6-4-15/h3-10H,11-14H2,1-2H3,(H,23,25). The zero-order valence-electron chi connectivity index (χ0n) is 15.9. The van der Waals surface area contributed by atoms with Crippen molar-refractivity contribution in [2.75, 3.05) is 32.6 Å². The van der Waals surface area contributed by atoms with E-state index in [1.165, 1.54) is 4.90 Å². The SMILES string of the molecule is CN(C)C(=O)Sc1ccc(NC(=O)C2(c3ccc(Cl)cc3)CCOCC2)cc1. The molecule has 1 fully saturated rings. The summed E-state index contributed by atoms with van der Waals surface area (Å²) < 4.78 is 5.50. The molecule has 0 bridgehead atoms. The van der Waals surface area contributed by atoms with Gasteiger partial charge in [-0.2, -0.15) is 0 Å². The van der Waals surface area contributed by atoms with Gasteiger partial charge in [0, 0.05) is 42.9 Å². The van der Waals surface area contributed by atoms with Crippen molar-refractivity contribution in [1.29, 1.82) is 0 Å². The lowest BCUT2D eigenvalue weighted by atomic mass is 9.73. The lowest BCUT2D eigenvalue weighted by molar-refractivity contribution is -0.125. The first kappa shape index (κ1) is 20.7. The number of thioether (sulfide) groups is 1. The van der Waals surface area contributed by atoms with Gasteiger partial charge in [0.2, 0.25) is 5.91 Å². The highest BCUT2D eigenvalue weighted by Gasteiger charge is 2.41. The van der Waals surface area contributed by atoms with Gasteiger partial charge in [0.1, 0.15) is 0 Å². The molecule has 1 N–H and O–H groups in total. The van der Waals surface area contributed by atoms with Gasteiger partial charge < -0.3 is 15.0 Å². The van der Waals surface area contributed by atoms with Crippen LogP contribution < -0.4 is 5.32 Å². The number of halogens is 1. The quantitative estimate of drug-likeness (QED) is 0.724. The van der Waals surface area contributed by atoms with Crippen LogP contribution in [-0.4, -0.2) is 43.4 Å². The number of benzene rings is 2. The number of anilines is 1. The number of nitrogens with zero attached hydrogens (tertiary/aromatic N) is 1. The van der Waals surface area contributed by atoms with Gasteiger partial charge in [0.05, 0.1) is 5.41 Å². The molecule has 1 aliphatic rings. The number of hydrogen-bond acceptors (Lipinski definition) is 4. The van der Waals surface area contributed by atoms with Gasteiger partial charge in [-0.25, -0.2) is 0 Å². The summed E-state index contributed by atoms with van der Waals surface area (Å²) in [5.74, 6) is -0.0529. The number of nitrogens with one attached hydrogen (secondary N) is 1. The molecule has 1 heterocycles. The third-order valence-electron chi connectivity index (χ3n) is 4.86. The van der Waals surface area contributed by atoms with Gasteiger partial charge in [0.25, 0.3) is 5.24 Å². The lowest BCUT2D eigenvalue weighted by Crippen LogP contribution is -2.44. The van der Waals surface area contributed by atoms with Crippen LogP contribution in [0.2, 0.25) is 5.02 Å². The Kier molecular flexibility index (Phi) is 6.65. The van der Waals surface area contributed by atoms with Gasteiger partial charge in [-0.05, 0) is 66.6 Å². The molecule has 2 aromatic carbocycles. The fourth-order valence-electron chi connectivity index (χ4n) is 3.18. The average molecular weight is 419 g/mol. The smallest absolute Gasteiger partial charge is 0.285 e. The Hall–Kier alpha value is -2.02. The highest BCUT2D eigenvalue weighted by Crippen LogP contribution is 2.37. The first-order valence-corrected chi connectivity index (χ1v) is 10.2. The minimum atomic E-state index is -0.642. The van der Waals surface area contributed by atoms with Crippen LogP contribution in [0, 0.1) is 0 Å². The molecule has 1 aliphatic heterocycles. The van der Waals surface area contributed by atoms with Crippen LogP contribution in [0.25, 0.3) is 0 Å². The van der Waals surface area contributed by atoms with E-state index >= 15 is 0 Å². The largest absolute Gasteiger partial charge is 0.381 e. The summed E-state index contributed by atoms with van der Waals surface area (Å²) in [6.45, 7) is 1.08. The Labute approximate surface area is 174 Å². The Balaban J connectivity index is 1.77. The van der Waals surface area contributed by atoms with E-state index in [9.17, 15) is 9.59 Å². The van der Waals surface area contributed by atoms with Crippen molar-refractivity contribution in [3.63, 3.8) is 0 Å². The summed E-state index contributed by atoms with van der Waals surface area (Å²) in [6.07, 6.45) is 1.23. The van der Waals surface area contributed by atoms with Crippen LogP contribution >= 0.6 is 23.4 Å². The van der Waals surface area contributed by atoms with Crippen LogP contribution in [0.3, 0.4) is 0 Å². The number of ether oxygens (including phenoxy) is 1. The van der Waals surface area contributed by atoms with E-state index in [-0.39, 0.29) is 11.1 Å². The molecule has 0 radical (unpaired) electrons. The molecule has 0 spiro atoms. The maximum absolute atomic E-state index is 13.3. The van der Waals surface area contributed by atoms with Crippen LogP contribution in [0.4, 0.5) is 10.5 Å². The summed E-state index contributed by atoms with van der Waals surface area (Å²) in [7, 11) is 3.43. The zero-order valence-corrected chi connectivity index (χ0v) is 17.5. The molecule has 28 heavy (non-hydrogen) atoms. The number of carbonyl (C=O) groups is 2. The van der Waals surface area contributed by atoms with Crippen molar-refractivity contribution in [3.05, 3.63) is 59.1 Å². The normalized spacial score (nSPS) is 15.7. The fourth-order valence-corrected chi connectivity index (χ4v) is 3.97. The highest BCUT2D eigenvalue weighted by atomic mass is 35.5. The van der Waals surface area contributed by atoms with Crippen LogP contribution in [0.15, 0.2) is 53.4 Å². The topological polar surface area (TPSA) is 58.6 Å². The molecule has 5 nitrogen and oxygen atoms in total. The molecule has 3 rings (SSSR count). The van der Waals surface area contributed by atoms with Crippen LogP contribution in [0.1, 0.15) is 18.4 Å². The van der Waals surface area contributed by atoms with E-state index < -0.39 is 5.41 Å². The van der Waals surface area contributed by atoms with Crippen molar-refractivity contribution in [3.8, 4) is 0 Å². The summed E-state index contributed by atoms with van der Waals surface area (Å²) in [4.78, 5) is 27.4. The molecule has 2 aromatic rings. The van der Waals surface area contributed by atoms with E-state index in [2.05, 4.69) is 5.32 Å². The Morgan fingerprint density at radius 1 is 1.04 bits per heavy atom. The molecule has 0 aliphatic carbocycles. The molecule has 0 saturated carbocycles. The molecule has 0 atom stereocenters. The number of hydrogen-bond donors (Lipinski definition) is 1. The average Bonchev–Trinajstić information content (AvgIpc) is 2.70. The molecule has 2 amide bonds. The summed E-state index contributed by atoms with van der Waals surface area (Å²) >= 11 is 7.17. The van der Waals surface area contributed by atoms with E-state index in [1.807, 2.05) is 48.5 Å². The molecule has 1 saturated heterocycles. The molecular weight excluding hydrogens is 396 g/mol. The second-order valence-corrected chi connectivity index (χ2v) is 8.40. The third kappa shape index (κ3) is 4.69. The Bertz CT molecular complexity index is 832. The summed E-state index contributed by atoms with van der Waals surface area (Å²) in [5.41, 5.74) is 1.00. The fraction of sp³-hybridized carbons (Fsp3) is 0.333. The van der Waals surface area contributed by atoms with Gasteiger partial charge in [-0.1, -0.05) is 23.7 Å². The maximum atomic E-state index is 13.3. The van der Waals surface area contributed by atoms with E-state index in [1.54, 1.807) is 14.1 Å². The second kappa shape index (κ2) is 8.99. The minimum absolute atomic E-state index is 0.0410. The monoisotopic (exact) mass is 418 g/mol. The minimum Gasteiger partial charge on any atom is -0.381 e. The van der Waals surface area contributed by atoms with Crippen molar-refractivity contribution in [2.24, 2.45) is 0 Å². The summed E-state index contributed by atoms with van der Waals surface area (Å²) in [6, 6.07) is 14.8. The van der Waals surface area contributed by atoms with Gasteiger partial charge >= 0.3 is 0 Å². The molecule has 148 valence electrons. The molecule has 0 unspecified atom stereocenters. The third-order valence-corrected chi connectivity index (χ3v) is 6.16. The Morgan fingerprint density at radius 2 is 1.64 bits per heavy atom. The summed E-state index contributed by atoms with van der Waals surface area (Å²) in [5, 5.41) is 3.64. The van der Waals surface area contributed by atoms with E-state index in [4.69, 9.17) is 16.3 Å². The predicted molar refractivity (Wildman–Crippen MR) is 113 cm³/mol. The molecular formula is C21H23ClN2O3S. The maximum Gasteiger partial charge on any atom is 0.285 e. The van der Waals surface area contributed by atoms with Crippen molar-refractivity contribution < 1.29 is 14.3 Å². The van der Waals surface area contributed by atoms with Crippen LogP contribution in [0.5, 0.6) is 0 Å². The number of carbonyl (C=O) groups excluding carboxylic acids is 2. The van der Waals surface area contributed by atoms with Crippen LogP contribution in [-0.2, 0) is 14.9 Å². The van der Waals surface area contributed by atoms with Crippen molar-refractivity contribution in [1.82, 2.24) is 4.90 Å². The Morgan fingerprint density at radius 3 is 2.21 bits per heavy atom. The first-order valence-electron chi connectivity index (χ1n) is 9.05. The number of rotatable bonds is 4. The molecule has 7 heteroatoms. The van der Waals surface area contributed by atoms with Crippen molar-refractivity contribution >= 4 is 40.2 Å². The number of amides is 2. The second-order valence-electron chi connectivity index (χ2n) is 6.94. The lowest BCUT2D eigenvalue weighted by Gasteiger charge is -2.36. The van der Waals surface area contributed by atoms with E-state index in [0.29, 0.717) is 36.8 Å². The van der Waals surface area contributed by atoms with Gasteiger partial charge in [-0.3, -0.25) is 9.59 Å². The van der Waals surface area contributed by atoms with E-state index in [0.717, 1.165) is 22.2 Å². The van der Waals surface area contributed by atoms with Crippen molar-refractivity contribution in [2.45, 2.75) is 23.2 Å². The predicted octanol–water partition coefficient (Wildman–Crippen LogP) is 4.80. The molecule has 0 aromatic heterocycles. The first-order chi connectivity index (χ1) is 13.4.